The summed E-state index contributed by atoms with van der Waals surface area (Å²) >= 11 is 0. The van der Waals surface area contributed by atoms with E-state index in [1.165, 1.54) is 33.4 Å². The maximum absolute atomic E-state index is 9.50. The summed E-state index contributed by atoms with van der Waals surface area (Å²) < 4.78 is 13.4. The molecule has 2 atom stereocenters. The molecule has 0 bridgehead atoms. The second kappa shape index (κ2) is 15.8. The van der Waals surface area contributed by atoms with Gasteiger partial charge in [-0.1, -0.05) is 48.5 Å². The summed E-state index contributed by atoms with van der Waals surface area (Å²) in [5.74, 6) is 0. The predicted octanol–water partition coefficient (Wildman–Crippen LogP) is 8.62. The maximum atomic E-state index is 9.50. The van der Waals surface area contributed by atoms with Crippen LogP contribution >= 0.6 is 0 Å². The van der Waals surface area contributed by atoms with Crippen molar-refractivity contribution >= 4 is 0 Å². The van der Waals surface area contributed by atoms with Crippen molar-refractivity contribution < 1.29 is 4.39 Å². The van der Waals surface area contributed by atoms with Gasteiger partial charge in [-0.3, -0.25) is 13.8 Å². The Morgan fingerprint density at radius 2 is 0.905 bits per heavy atom. The van der Waals surface area contributed by atoms with Crippen LogP contribution in [0.25, 0.3) is 22.3 Å². The van der Waals surface area contributed by atoms with E-state index in [1.807, 2.05) is 21.8 Å². The molecule has 0 fully saturated rings. The standard InChI is InChI=1S/2C17H25N3.CH3F/c2*1-6-20-12-16(11-18-20)15-9-7-14(8-10-15)13(2)19-17(3,4)5;1-2/h2*7-13,19H,6H2,1-5H3;1H3. The lowest BCUT2D eigenvalue weighted by Gasteiger charge is -2.26. The molecular formula is C35H53FN6. The summed E-state index contributed by atoms with van der Waals surface area (Å²) in [5.41, 5.74) is 7.66. The van der Waals surface area contributed by atoms with Crippen LogP contribution in [0.15, 0.2) is 73.3 Å². The fraction of sp³-hybridized carbons (Fsp3) is 0.486. The van der Waals surface area contributed by atoms with Crippen LogP contribution < -0.4 is 10.6 Å². The molecule has 2 aromatic heterocycles. The topological polar surface area (TPSA) is 59.7 Å². The summed E-state index contributed by atoms with van der Waals surface area (Å²) in [6.07, 6.45) is 8.03. The number of hydrogen-bond acceptors (Lipinski definition) is 4. The van der Waals surface area contributed by atoms with Crippen LogP contribution in [-0.4, -0.2) is 37.8 Å². The second-order valence-electron chi connectivity index (χ2n) is 12.6. The summed E-state index contributed by atoms with van der Waals surface area (Å²) in [6, 6.07) is 18.2. The van der Waals surface area contributed by atoms with Gasteiger partial charge in [0.25, 0.3) is 0 Å². The molecule has 6 nitrogen and oxygen atoms in total. The van der Waals surface area contributed by atoms with Gasteiger partial charge in [0.05, 0.1) is 19.6 Å². The monoisotopic (exact) mass is 576 g/mol. The van der Waals surface area contributed by atoms with Crippen molar-refractivity contribution in [1.29, 1.82) is 0 Å². The van der Waals surface area contributed by atoms with Gasteiger partial charge in [0, 0.05) is 59.8 Å². The Balaban J connectivity index is 0.000000277. The first-order chi connectivity index (χ1) is 19.8. The van der Waals surface area contributed by atoms with E-state index in [0.717, 1.165) is 13.1 Å². The van der Waals surface area contributed by atoms with E-state index in [0.29, 0.717) is 19.3 Å². The van der Waals surface area contributed by atoms with Gasteiger partial charge in [-0.15, -0.1) is 0 Å². The van der Waals surface area contributed by atoms with E-state index in [9.17, 15) is 4.39 Å². The lowest BCUT2D eigenvalue weighted by atomic mass is 10.0. The molecule has 0 aliphatic heterocycles. The lowest BCUT2D eigenvalue weighted by Crippen LogP contribution is -2.37. The van der Waals surface area contributed by atoms with Crippen LogP contribution in [0.1, 0.15) is 92.4 Å². The number of rotatable bonds is 8. The molecule has 0 radical (unpaired) electrons. The number of hydrogen-bond donors (Lipinski definition) is 2. The molecule has 2 aromatic carbocycles. The SMILES string of the molecule is CCn1cc(-c2ccc(C(C)NC(C)(C)C)cc2)cn1.CCn1cc(-c2ccc(C(C)NC(C)(C)C)cc2)cn1.CF. The highest BCUT2D eigenvalue weighted by atomic mass is 19.1. The molecule has 0 saturated heterocycles. The molecular weight excluding hydrogens is 523 g/mol. The third kappa shape index (κ3) is 11.2. The highest BCUT2D eigenvalue weighted by molar-refractivity contribution is 5.62. The Hall–Kier alpha value is -3.29. The molecule has 4 rings (SSSR count). The molecule has 0 spiro atoms. The molecule has 4 aromatic rings. The third-order valence-electron chi connectivity index (χ3n) is 6.70. The van der Waals surface area contributed by atoms with Crippen LogP contribution in [0, 0.1) is 0 Å². The molecule has 0 aliphatic carbocycles. The summed E-state index contributed by atoms with van der Waals surface area (Å²) in [7, 11) is 0.500. The Bertz CT molecular complexity index is 1200. The summed E-state index contributed by atoms with van der Waals surface area (Å²) in [6.45, 7) is 23.6. The number of nitrogens with one attached hydrogen (secondary N) is 2. The zero-order valence-corrected chi connectivity index (χ0v) is 27.7. The number of alkyl halides is 1. The number of aromatic nitrogens is 4. The van der Waals surface area contributed by atoms with Crippen LogP contribution in [0.3, 0.4) is 0 Å². The Morgan fingerprint density at radius 1 is 0.595 bits per heavy atom. The van der Waals surface area contributed by atoms with Crippen molar-refractivity contribution in [3.63, 3.8) is 0 Å². The Labute approximate surface area is 253 Å². The molecule has 0 amide bonds. The zero-order valence-electron chi connectivity index (χ0n) is 27.7. The molecule has 2 N–H and O–H groups in total. The normalized spacial score (nSPS) is 13.0. The van der Waals surface area contributed by atoms with Crippen molar-refractivity contribution in [2.45, 2.75) is 105 Å². The number of aryl methyl sites for hydroxylation is 2. The van der Waals surface area contributed by atoms with Crippen LogP contribution in [0.2, 0.25) is 0 Å². The number of halogens is 1. The minimum Gasteiger partial charge on any atom is -0.306 e. The zero-order chi connectivity index (χ0) is 31.5. The molecule has 230 valence electrons. The largest absolute Gasteiger partial charge is 0.306 e. The van der Waals surface area contributed by atoms with E-state index >= 15 is 0 Å². The minimum atomic E-state index is 0.125. The van der Waals surface area contributed by atoms with Gasteiger partial charge in [0.1, 0.15) is 0 Å². The van der Waals surface area contributed by atoms with Gasteiger partial charge >= 0.3 is 0 Å². The fourth-order valence-corrected chi connectivity index (χ4v) is 4.77. The molecule has 0 aliphatic rings. The van der Waals surface area contributed by atoms with Gasteiger partial charge in [-0.25, -0.2) is 0 Å². The van der Waals surface area contributed by atoms with Crippen molar-refractivity contribution in [2.24, 2.45) is 0 Å². The van der Waals surface area contributed by atoms with Gasteiger partial charge in [-0.05, 0) is 91.5 Å². The average Bonchev–Trinajstić information content (AvgIpc) is 3.63. The quantitative estimate of drug-likeness (QED) is 0.220. The summed E-state index contributed by atoms with van der Waals surface area (Å²) in [4.78, 5) is 0. The smallest absolute Gasteiger partial charge is 0.0785 e. The first-order valence-electron chi connectivity index (χ1n) is 15.0. The van der Waals surface area contributed by atoms with Crippen molar-refractivity contribution in [3.8, 4) is 22.3 Å². The van der Waals surface area contributed by atoms with Gasteiger partial charge < -0.3 is 10.6 Å². The van der Waals surface area contributed by atoms with Crippen LogP contribution in [0.4, 0.5) is 4.39 Å². The maximum Gasteiger partial charge on any atom is 0.0785 e. The van der Waals surface area contributed by atoms with Crippen molar-refractivity contribution in [1.82, 2.24) is 30.2 Å². The van der Waals surface area contributed by atoms with E-state index in [-0.39, 0.29) is 11.1 Å². The van der Waals surface area contributed by atoms with E-state index < -0.39 is 0 Å². The minimum absolute atomic E-state index is 0.125. The first kappa shape index (κ1) is 34.9. The van der Waals surface area contributed by atoms with Gasteiger partial charge in [0.15, 0.2) is 0 Å². The molecule has 7 heteroatoms. The molecule has 2 heterocycles. The number of nitrogens with zero attached hydrogens (tertiary/aromatic N) is 4. The Morgan fingerprint density at radius 3 is 1.14 bits per heavy atom. The van der Waals surface area contributed by atoms with Crippen molar-refractivity contribution in [3.05, 3.63) is 84.4 Å². The van der Waals surface area contributed by atoms with E-state index in [1.54, 1.807) is 0 Å². The van der Waals surface area contributed by atoms with Crippen molar-refractivity contribution in [2.75, 3.05) is 7.18 Å². The van der Waals surface area contributed by atoms with E-state index in [4.69, 9.17) is 0 Å². The highest BCUT2D eigenvalue weighted by Crippen LogP contribution is 2.24. The average molecular weight is 577 g/mol. The first-order valence-corrected chi connectivity index (χ1v) is 15.0. The second-order valence-corrected chi connectivity index (χ2v) is 12.6. The third-order valence-corrected chi connectivity index (χ3v) is 6.70. The molecule has 0 saturated carbocycles. The predicted molar refractivity (Wildman–Crippen MR) is 176 cm³/mol. The van der Waals surface area contributed by atoms with E-state index in [2.05, 4.69) is 151 Å². The summed E-state index contributed by atoms with van der Waals surface area (Å²) in [5, 5.41) is 15.8. The van der Waals surface area contributed by atoms with Crippen LogP contribution in [-0.2, 0) is 13.1 Å². The van der Waals surface area contributed by atoms with Crippen LogP contribution in [0.5, 0.6) is 0 Å². The lowest BCUT2D eigenvalue weighted by molar-refractivity contribution is 0.378. The molecule has 42 heavy (non-hydrogen) atoms. The Kier molecular flexibility index (Phi) is 13.1. The van der Waals surface area contributed by atoms with Gasteiger partial charge in [0.2, 0.25) is 0 Å². The van der Waals surface area contributed by atoms with Gasteiger partial charge in [-0.2, -0.15) is 10.2 Å². The number of benzene rings is 2. The molecule has 2 unspecified atom stereocenters. The fourth-order valence-electron chi connectivity index (χ4n) is 4.77. The highest BCUT2D eigenvalue weighted by Gasteiger charge is 2.16.